The third-order valence-corrected chi connectivity index (χ3v) is 4.51. The van der Waals surface area contributed by atoms with Gasteiger partial charge in [-0.2, -0.15) is 0 Å². The molecule has 0 saturated heterocycles. The van der Waals surface area contributed by atoms with Gasteiger partial charge in [-0.05, 0) is 43.5 Å². The molecule has 0 amide bonds. The van der Waals surface area contributed by atoms with Crippen LogP contribution in [-0.4, -0.2) is 18.7 Å². The molecule has 0 aliphatic rings. The second-order valence-corrected chi connectivity index (χ2v) is 6.87. The fourth-order valence-corrected chi connectivity index (χ4v) is 2.95. The summed E-state index contributed by atoms with van der Waals surface area (Å²) in [5, 5.41) is 0.584. The largest absolute Gasteiger partial charge is 0.337 e. The van der Waals surface area contributed by atoms with Crippen LogP contribution in [0.2, 0.25) is 5.02 Å². The lowest BCUT2D eigenvalue weighted by Crippen LogP contribution is -2.40. The lowest BCUT2D eigenvalue weighted by Gasteiger charge is -2.13. The number of aryl methyl sites for hydroxylation is 1. The second-order valence-electron chi connectivity index (χ2n) is 6.44. The summed E-state index contributed by atoms with van der Waals surface area (Å²) in [5.41, 5.74) is 0.798. The van der Waals surface area contributed by atoms with Crippen molar-refractivity contribution in [1.82, 2.24) is 18.7 Å². The molecule has 2 aromatic heterocycles. The summed E-state index contributed by atoms with van der Waals surface area (Å²) in [4.78, 5) is 30.3. The molecular weight excluding hydrogens is 340 g/mol. The number of imidazole rings is 1. The Morgan fingerprint density at radius 2 is 1.84 bits per heavy atom. The molecule has 0 aliphatic heterocycles. The number of hydrogen-bond acceptors (Lipinski definition) is 3. The maximum Gasteiger partial charge on any atom is 0.337 e. The number of aromatic nitrogens is 4. The number of fused-ring (bicyclic) bond motifs is 1. The number of hydrogen-bond donors (Lipinski definition) is 0. The third kappa shape index (κ3) is 3.14. The van der Waals surface area contributed by atoms with Crippen LogP contribution in [0.25, 0.3) is 16.9 Å². The minimum Gasteiger partial charge on any atom is -0.325 e. The van der Waals surface area contributed by atoms with Crippen LogP contribution in [-0.2, 0) is 13.1 Å². The van der Waals surface area contributed by atoms with Crippen molar-refractivity contribution in [3.05, 3.63) is 56.5 Å². The Labute approximate surface area is 150 Å². The Bertz CT molecular complexity index is 1010. The van der Waals surface area contributed by atoms with E-state index in [4.69, 9.17) is 11.6 Å². The van der Waals surface area contributed by atoms with E-state index in [2.05, 4.69) is 18.8 Å². The van der Waals surface area contributed by atoms with Crippen molar-refractivity contribution in [2.45, 2.75) is 40.3 Å². The maximum absolute atomic E-state index is 13.0. The molecule has 0 aliphatic carbocycles. The Kier molecular flexibility index (Phi) is 4.81. The van der Waals surface area contributed by atoms with Crippen molar-refractivity contribution in [2.24, 2.45) is 5.92 Å². The quantitative estimate of drug-likeness (QED) is 0.702. The average molecular weight is 361 g/mol. The summed E-state index contributed by atoms with van der Waals surface area (Å²) in [6.45, 7) is 7.06. The molecule has 6 nitrogen and oxygen atoms in total. The predicted octanol–water partition coefficient (Wildman–Crippen LogP) is 3.07. The van der Waals surface area contributed by atoms with Gasteiger partial charge in [0.25, 0.3) is 5.56 Å². The molecule has 0 bridgehead atoms. The van der Waals surface area contributed by atoms with Crippen LogP contribution in [0, 0.1) is 5.92 Å². The number of benzene rings is 1. The van der Waals surface area contributed by atoms with Gasteiger partial charge in [-0.3, -0.25) is 9.36 Å². The van der Waals surface area contributed by atoms with Gasteiger partial charge in [0, 0.05) is 18.1 Å². The van der Waals surface area contributed by atoms with Gasteiger partial charge in [0.2, 0.25) is 0 Å². The molecule has 3 rings (SSSR count). The van der Waals surface area contributed by atoms with Crippen molar-refractivity contribution >= 4 is 22.8 Å². The maximum atomic E-state index is 13.0. The van der Waals surface area contributed by atoms with Gasteiger partial charge in [-0.1, -0.05) is 25.4 Å². The molecule has 0 fully saturated rings. The van der Waals surface area contributed by atoms with E-state index in [1.165, 1.54) is 9.13 Å². The lowest BCUT2D eigenvalue weighted by molar-refractivity contribution is 0.491. The summed E-state index contributed by atoms with van der Waals surface area (Å²) in [7, 11) is 0. The van der Waals surface area contributed by atoms with Gasteiger partial charge in [-0.25, -0.2) is 14.3 Å². The second kappa shape index (κ2) is 6.88. The highest BCUT2D eigenvalue weighted by atomic mass is 35.5. The van der Waals surface area contributed by atoms with Gasteiger partial charge >= 0.3 is 5.69 Å². The standard InChI is InChI=1S/C18H21ClN4O2/c1-4-21-11-20-16-15(21)17(24)22(10-9-12(2)3)18(25)23(16)14-7-5-13(19)6-8-14/h5-8,11-12H,4,9-10H2,1-3H3. The number of rotatable bonds is 5. The van der Waals surface area contributed by atoms with E-state index in [1.807, 2.05) is 6.92 Å². The van der Waals surface area contributed by atoms with Gasteiger partial charge in [-0.15, -0.1) is 0 Å². The molecule has 0 N–H and O–H groups in total. The first-order valence-electron chi connectivity index (χ1n) is 8.40. The van der Waals surface area contributed by atoms with E-state index in [0.717, 1.165) is 6.42 Å². The van der Waals surface area contributed by atoms with Crippen LogP contribution in [0.4, 0.5) is 0 Å². The highest BCUT2D eigenvalue weighted by Crippen LogP contribution is 2.16. The van der Waals surface area contributed by atoms with Gasteiger partial charge in [0.1, 0.15) is 0 Å². The Morgan fingerprint density at radius 1 is 1.16 bits per heavy atom. The van der Waals surface area contributed by atoms with Crippen LogP contribution in [0.1, 0.15) is 27.2 Å². The van der Waals surface area contributed by atoms with Crippen molar-refractivity contribution in [3.8, 4) is 5.69 Å². The molecule has 1 aromatic carbocycles. The molecule has 0 radical (unpaired) electrons. The summed E-state index contributed by atoms with van der Waals surface area (Å²) in [5.74, 6) is 0.391. The minimum absolute atomic E-state index is 0.287. The average Bonchev–Trinajstić information content (AvgIpc) is 3.00. The Hall–Kier alpha value is -2.34. The molecule has 0 unspecified atom stereocenters. The third-order valence-electron chi connectivity index (χ3n) is 4.26. The summed E-state index contributed by atoms with van der Waals surface area (Å²) < 4.78 is 4.57. The zero-order valence-electron chi connectivity index (χ0n) is 14.6. The SMILES string of the molecule is CCn1cnc2c1c(=O)n(CCC(C)C)c(=O)n2-c1ccc(Cl)cc1. The minimum atomic E-state index is -0.373. The summed E-state index contributed by atoms with van der Waals surface area (Å²) >= 11 is 5.96. The van der Waals surface area contributed by atoms with E-state index in [0.29, 0.717) is 40.9 Å². The number of halogens is 1. The van der Waals surface area contributed by atoms with E-state index in [9.17, 15) is 9.59 Å². The molecule has 0 atom stereocenters. The lowest BCUT2D eigenvalue weighted by atomic mass is 10.1. The molecular formula is C18H21ClN4O2. The van der Waals surface area contributed by atoms with Crippen LogP contribution in [0.3, 0.4) is 0 Å². The monoisotopic (exact) mass is 360 g/mol. The van der Waals surface area contributed by atoms with Crippen LogP contribution < -0.4 is 11.2 Å². The van der Waals surface area contributed by atoms with Gasteiger partial charge in [0.05, 0.1) is 12.0 Å². The Balaban J connectivity index is 2.34. The molecule has 3 aromatic rings. The molecule has 132 valence electrons. The molecule has 25 heavy (non-hydrogen) atoms. The highest BCUT2D eigenvalue weighted by Gasteiger charge is 2.18. The molecule has 0 saturated carbocycles. The van der Waals surface area contributed by atoms with Crippen molar-refractivity contribution in [2.75, 3.05) is 0 Å². The van der Waals surface area contributed by atoms with E-state index < -0.39 is 0 Å². The van der Waals surface area contributed by atoms with Crippen molar-refractivity contribution < 1.29 is 0 Å². The predicted molar refractivity (Wildman–Crippen MR) is 99.7 cm³/mol. The zero-order chi connectivity index (χ0) is 18.1. The van der Waals surface area contributed by atoms with Crippen LogP contribution >= 0.6 is 11.6 Å². The van der Waals surface area contributed by atoms with Crippen LogP contribution in [0.5, 0.6) is 0 Å². The smallest absolute Gasteiger partial charge is 0.325 e. The van der Waals surface area contributed by atoms with E-state index in [-0.39, 0.29) is 11.2 Å². The Morgan fingerprint density at radius 3 is 2.44 bits per heavy atom. The van der Waals surface area contributed by atoms with E-state index in [1.54, 1.807) is 35.2 Å². The normalized spacial score (nSPS) is 11.6. The highest BCUT2D eigenvalue weighted by molar-refractivity contribution is 6.30. The number of nitrogens with zero attached hydrogens (tertiary/aromatic N) is 4. The van der Waals surface area contributed by atoms with Crippen LogP contribution in [0.15, 0.2) is 40.2 Å². The summed E-state index contributed by atoms with van der Waals surface area (Å²) in [6, 6.07) is 6.95. The molecule has 2 heterocycles. The first-order valence-corrected chi connectivity index (χ1v) is 8.78. The van der Waals surface area contributed by atoms with E-state index >= 15 is 0 Å². The fourth-order valence-electron chi connectivity index (χ4n) is 2.83. The summed E-state index contributed by atoms with van der Waals surface area (Å²) in [6.07, 6.45) is 2.35. The van der Waals surface area contributed by atoms with Gasteiger partial charge in [0.15, 0.2) is 11.2 Å². The zero-order valence-corrected chi connectivity index (χ0v) is 15.3. The first kappa shape index (κ1) is 17.5. The van der Waals surface area contributed by atoms with Gasteiger partial charge < -0.3 is 4.57 Å². The molecule has 0 spiro atoms. The first-order chi connectivity index (χ1) is 11.9. The fraction of sp³-hybridized carbons (Fsp3) is 0.389. The van der Waals surface area contributed by atoms with Crippen molar-refractivity contribution in [1.29, 1.82) is 0 Å². The molecule has 7 heteroatoms. The topological polar surface area (TPSA) is 61.8 Å². The van der Waals surface area contributed by atoms with Crippen molar-refractivity contribution in [3.63, 3.8) is 0 Å².